The summed E-state index contributed by atoms with van der Waals surface area (Å²) in [7, 11) is 1.46. The Bertz CT molecular complexity index is 1310. The van der Waals surface area contributed by atoms with Gasteiger partial charge in [-0.3, -0.25) is 9.89 Å². The van der Waals surface area contributed by atoms with Crippen LogP contribution in [-0.2, 0) is 4.79 Å². The molecular formula is C24H24FN3O3. The Morgan fingerprint density at radius 2 is 2.06 bits per heavy atom. The number of H-pyrrole nitrogens is 1. The van der Waals surface area contributed by atoms with Crippen molar-refractivity contribution in [3.05, 3.63) is 53.6 Å². The van der Waals surface area contributed by atoms with E-state index in [0.717, 1.165) is 33.2 Å². The van der Waals surface area contributed by atoms with Gasteiger partial charge < -0.3 is 14.4 Å². The summed E-state index contributed by atoms with van der Waals surface area (Å²) in [6.07, 6.45) is 3.04. The number of aliphatic carboxylic acids is 1. The number of aromatic amines is 1. The number of nitrogens with one attached hydrogen (secondary N) is 1. The molecule has 160 valence electrons. The summed E-state index contributed by atoms with van der Waals surface area (Å²) < 4.78 is 21.5. The minimum atomic E-state index is -0.731. The number of fused-ring (bicyclic) bond motifs is 2. The van der Waals surface area contributed by atoms with E-state index in [1.807, 2.05) is 0 Å². The maximum atomic E-state index is 14.1. The molecule has 0 unspecified atom stereocenters. The third kappa shape index (κ3) is 2.99. The Morgan fingerprint density at radius 3 is 2.74 bits per heavy atom. The molecule has 2 heterocycles. The fourth-order valence-corrected chi connectivity index (χ4v) is 4.89. The van der Waals surface area contributed by atoms with Crippen LogP contribution in [0.2, 0.25) is 0 Å². The van der Waals surface area contributed by atoms with Gasteiger partial charge in [-0.1, -0.05) is 13.8 Å². The number of nitrogens with zero attached hydrogens (tertiary/aromatic N) is 2. The highest BCUT2D eigenvalue weighted by Gasteiger charge is 2.39. The van der Waals surface area contributed by atoms with Gasteiger partial charge >= 0.3 is 5.97 Å². The van der Waals surface area contributed by atoms with Crippen molar-refractivity contribution in [1.29, 1.82) is 0 Å². The van der Waals surface area contributed by atoms with Crippen molar-refractivity contribution in [2.24, 2.45) is 5.92 Å². The number of methoxy groups -OCH3 is 1. The molecule has 6 nitrogen and oxygen atoms in total. The molecule has 0 aliphatic heterocycles. The van der Waals surface area contributed by atoms with Crippen molar-refractivity contribution in [2.75, 3.05) is 7.11 Å². The molecule has 2 aromatic heterocycles. The van der Waals surface area contributed by atoms with Crippen LogP contribution in [-0.4, -0.2) is 33.0 Å². The number of rotatable bonds is 5. The predicted octanol–water partition coefficient (Wildman–Crippen LogP) is 5.36. The molecule has 0 radical (unpaired) electrons. The Hall–Kier alpha value is -3.35. The minimum Gasteiger partial charge on any atom is -0.494 e. The average Bonchev–Trinajstić information content (AvgIpc) is 3.27. The number of halogens is 1. The first-order valence-corrected chi connectivity index (χ1v) is 10.5. The predicted molar refractivity (Wildman–Crippen MR) is 117 cm³/mol. The zero-order valence-electron chi connectivity index (χ0n) is 17.6. The van der Waals surface area contributed by atoms with Gasteiger partial charge in [-0.15, -0.1) is 0 Å². The third-order valence-corrected chi connectivity index (χ3v) is 6.44. The van der Waals surface area contributed by atoms with Crippen molar-refractivity contribution in [2.45, 2.75) is 38.5 Å². The van der Waals surface area contributed by atoms with E-state index in [1.54, 1.807) is 18.3 Å². The summed E-state index contributed by atoms with van der Waals surface area (Å²) in [5.74, 6) is -0.900. The van der Waals surface area contributed by atoms with Gasteiger partial charge in [0.05, 0.1) is 30.3 Å². The highest BCUT2D eigenvalue weighted by atomic mass is 19.1. The minimum absolute atomic E-state index is 0.171. The second kappa shape index (κ2) is 7.11. The molecule has 2 aromatic carbocycles. The molecule has 1 saturated carbocycles. The van der Waals surface area contributed by atoms with Crippen LogP contribution in [0.25, 0.3) is 27.5 Å². The number of carbonyl (C=O) groups is 1. The lowest BCUT2D eigenvalue weighted by molar-refractivity contribution is -0.145. The van der Waals surface area contributed by atoms with E-state index in [2.05, 4.69) is 40.7 Å². The maximum absolute atomic E-state index is 14.1. The van der Waals surface area contributed by atoms with Crippen LogP contribution in [0.3, 0.4) is 0 Å². The Kier molecular flexibility index (Phi) is 4.50. The zero-order valence-corrected chi connectivity index (χ0v) is 17.6. The van der Waals surface area contributed by atoms with Crippen LogP contribution >= 0.6 is 0 Å². The van der Waals surface area contributed by atoms with E-state index in [4.69, 9.17) is 4.74 Å². The Morgan fingerprint density at radius 1 is 1.29 bits per heavy atom. The van der Waals surface area contributed by atoms with Gasteiger partial charge in [-0.05, 0) is 54.5 Å². The Labute approximate surface area is 178 Å². The van der Waals surface area contributed by atoms with Crippen LogP contribution in [0.5, 0.6) is 5.75 Å². The quantitative estimate of drug-likeness (QED) is 0.455. The van der Waals surface area contributed by atoms with Crippen molar-refractivity contribution in [1.82, 2.24) is 14.8 Å². The molecule has 1 fully saturated rings. The molecule has 1 aliphatic carbocycles. The highest BCUT2D eigenvalue weighted by Crippen LogP contribution is 2.49. The summed E-state index contributed by atoms with van der Waals surface area (Å²) in [6, 6.07) is 9.08. The van der Waals surface area contributed by atoms with Gasteiger partial charge in [0.15, 0.2) is 11.6 Å². The molecule has 0 amide bonds. The van der Waals surface area contributed by atoms with Gasteiger partial charge in [0.25, 0.3) is 0 Å². The number of hydrogen-bond acceptors (Lipinski definition) is 3. The van der Waals surface area contributed by atoms with Crippen molar-refractivity contribution < 1.29 is 19.0 Å². The summed E-state index contributed by atoms with van der Waals surface area (Å²) in [5.41, 5.74) is 5.06. The van der Waals surface area contributed by atoms with Crippen LogP contribution in [0.1, 0.15) is 49.8 Å². The molecule has 5 rings (SSSR count). The number of hydrogen-bond donors (Lipinski definition) is 2. The van der Waals surface area contributed by atoms with E-state index >= 15 is 0 Å². The molecule has 0 saturated heterocycles. The molecule has 1 aliphatic rings. The monoisotopic (exact) mass is 421 g/mol. The van der Waals surface area contributed by atoms with Gasteiger partial charge in [-0.2, -0.15) is 5.10 Å². The smallest absolute Gasteiger partial charge is 0.306 e. The number of carboxylic acid groups (broad SMARTS) is 1. The molecule has 4 aromatic rings. The topological polar surface area (TPSA) is 80.1 Å². The number of aromatic nitrogens is 3. The first-order chi connectivity index (χ1) is 14.9. The normalized spacial score (nSPS) is 18.6. The van der Waals surface area contributed by atoms with E-state index < -0.39 is 11.8 Å². The van der Waals surface area contributed by atoms with Gasteiger partial charge in [-0.25, -0.2) is 4.39 Å². The van der Waals surface area contributed by atoms with Crippen LogP contribution < -0.4 is 4.74 Å². The highest BCUT2D eigenvalue weighted by molar-refractivity contribution is 5.99. The van der Waals surface area contributed by atoms with Gasteiger partial charge in [0.2, 0.25) is 0 Å². The lowest BCUT2D eigenvalue weighted by atomic mass is 9.70. The first kappa shape index (κ1) is 19.6. The fourth-order valence-electron chi connectivity index (χ4n) is 4.89. The van der Waals surface area contributed by atoms with Crippen LogP contribution in [0.4, 0.5) is 4.39 Å². The summed E-state index contributed by atoms with van der Waals surface area (Å²) in [5, 5.41) is 18.7. The lowest BCUT2D eigenvalue weighted by Crippen LogP contribution is -2.29. The molecule has 2 N–H and O–H groups in total. The second-order valence-electron chi connectivity index (χ2n) is 8.64. The van der Waals surface area contributed by atoms with Crippen molar-refractivity contribution in [3.63, 3.8) is 0 Å². The van der Waals surface area contributed by atoms with Crippen LogP contribution in [0, 0.1) is 11.7 Å². The summed E-state index contributed by atoms with van der Waals surface area (Å²) in [4.78, 5) is 11.4. The van der Waals surface area contributed by atoms with E-state index in [9.17, 15) is 14.3 Å². The first-order valence-electron chi connectivity index (χ1n) is 10.5. The third-order valence-electron chi connectivity index (χ3n) is 6.44. The Balaban J connectivity index is 1.81. The SMILES string of the molecule is COc1cc(-n2c(C(C)C)c(C3CC(C(=O)O)C3)c3cc4[nH]ncc4cc32)ccc1F. The molecule has 0 bridgehead atoms. The molecule has 7 heteroatoms. The van der Waals surface area contributed by atoms with Crippen molar-refractivity contribution in [3.8, 4) is 11.4 Å². The zero-order chi connectivity index (χ0) is 21.9. The fraction of sp³-hybridized carbons (Fsp3) is 0.333. The molecule has 0 atom stereocenters. The largest absolute Gasteiger partial charge is 0.494 e. The maximum Gasteiger partial charge on any atom is 0.306 e. The molecule has 31 heavy (non-hydrogen) atoms. The second-order valence-corrected chi connectivity index (χ2v) is 8.64. The number of ether oxygens (including phenoxy) is 1. The van der Waals surface area contributed by atoms with E-state index in [0.29, 0.717) is 12.8 Å². The summed E-state index contributed by atoms with van der Waals surface area (Å²) in [6.45, 7) is 4.27. The standard InChI is InChI=1S/C24H24FN3O3/c1-12(2)23-22(13-6-14(7-13)24(29)30)17-10-19-15(11-26-27-19)8-20(17)28(23)16-4-5-18(25)21(9-16)31-3/h4-5,8-14H,6-7H2,1-3H3,(H,26,27)(H,29,30). The van der Waals surface area contributed by atoms with Crippen molar-refractivity contribution >= 4 is 27.8 Å². The van der Waals surface area contributed by atoms with E-state index in [1.165, 1.54) is 18.7 Å². The number of carboxylic acids is 1. The molecular weight excluding hydrogens is 397 g/mol. The lowest BCUT2D eigenvalue weighted by Gasteiger charge is -2.34. The number of benzene rings is 2. The van der Waals surface area contributed by atoms with E-state index in [-0.39, 0.29) is 23.5 Å². The molecule has 0 spiro atoms. The summed E-state index contributed by atoms with van der Waals surface area (Å²) >= 11 is 0. The van der Waals surface area contributed by atoms with Crippen LogP contribution in [0.15, 0.2) is 36.5 Å². The van der Waals surface area contributed by atoms with Gasteiger partial charge in [0, 0.05) is 28.2 Å². The van der Waals surface area contributed by atoms with Gasteiger partial charge in [0.1, 0.15) is 0 Å². The average molecular weight is 421 g/mol.